The number of hydrogen-bond acceptors (Lipinski definition) is 3. The Hall–Kier alpha value is -1.38. The molecule has 0 N–H and O–H groups in total. The Labute approximate surface area is 121 Å². The maximum absolute atomic E-state index is 12.3. The number of rotatable bonds is 4. The molecule has 1 atom stereocenters. The van der Waals surface area contributed by atoms with Crippen molar-refractivity contribution in [3.63, 3.8) is 0 Å². The molecule has 0 heterocycles. The van der Waals surface area contributed by atoms with Crippen LogP contribution in [0.25, 0.3) is 0 Å². The molecule has 3 nitrogen and oxygen atoms in total. The van der Waals surface area contributed by atoms with Crippen LogP contribution in [0.2, 0.25) is 0 Å². The molecule has 2 aliphatic carbocycles. The van der Waals surface area contributed by atoms with Crippen molar-refractivity contribution >= 4 is 11.8 Å². The molecule has 0 aromatic carbocycles. The summed E-state index contributed by atoms with van der Waals surface area (Å²) in [5.74, 6) is -0.173. The fraction of sp³-hybridized carbons (Fsp3) is 0.647. The zero-order valence-corrected chi connectivity index (χ0v) is 13.1. The predicted octanol–water partition coefficient (Wildman–Crippen LogP) is 3.45. The van der Waals surface area contributed by atoms with Crippen LogP contribution in [0.5, 0.6) is 0 Å². The first kappa shape index (κ1) is 15.0. The normalized spacial score (nSPS) is 27.6. The Bertz CT molecular complexity index is 494. The van der Waals surface area contributed by atoms with Gasteiger partial charge in [0, 0.05) is 5.57 Å². The van der Waals surface area contributed by atoms with Gasteiger partial charge in [0.05, 0.1) is 12.3 Å². The molecule has 0 aromatic heterocycles. The zero-order chi connectivity index (χ0) is 15.3. The second-order valence-electron chi connectivity index (χ2n) is 7.08. The summed E-state index contributed by atoms with van der Waals surface area (Å²) < 4.78 is 5.61. The lowest BCUT2D eigenvalue weighted by Crippen LogP contribution is -2.21. The highest BCUT2D eigenvalue weighted by molar-refractivity contribution is 6.00. The third kappa shape index (κ3) is 2.04. The molecular formula is C17H24O3. The number of carbonyl (C=O) groups is 2. The summed E-state index contributed by atoms with van der Waals surface area (Å²) in [6.07, 6.45) is 2.18. The van der Waals surface area contributed by atoms with Gasteiger partial charge >= 0.3 is 5.97 Å². The van der Waals surface area contributed by atoms with Gasteiger partial charge in [0.15, 0.2) is 5.78 Å². The number of Topliss-reactive ketones (excluding diaryl/α,β-unsaturated/α-hetero) is 1. The van der Waals surface area contributed by atoms with Crippen LogP contribution < -0.4 is 0 Å². The molecule has 0 unspecified atom stereocenters. The van der Waals surface area contributed by atoms with Crippen LogP contribution in [0.3, 0.4) is 0 Å². The molecule has 3 heteroatoms. The van der Waals surface area contributed by atoms with Crippen molar-refractivity contribution < 1.29 is 14.3 Å². The summed E-state index contributed by atoms with van der Waals surface area (Å²) in [6.45, 7) is 13.9. The number of hydrogen-bond donors (Lipinski definition) is 0. The molecule has 1 saturated carbocycles. The highest BCUT2D eigenvalue weighted by Crippen LogP contribution is 2.68. The van der Waals surface area contributed by atoms with Crippen molar-refractivity contribution in [1.82, 2.24) is 0 Å². The quantitative estimate of drug-likeness (QED) is 0.583. The third-order valence-corrected chi connectivity index (χ3v) is 5.53. The number of carbonyl (C=O) groups excluding carboxylic acids is 2. The number of esters is 1. The van der Waals surface area contributed by atoms with E-state index in [1.807, 2.05) is 6.92 Å². The standard InChI is InChI=1S/C17H24O3/c1-7-8-11-10(2)13(9-12(11)18)20-15(19)14-16(3,4)17(14,5)6/h7,13-14H,1,8-9H2,2-6H3/t13-/m0/s1. The molecule has 0 saturated heterocycles. The van der Waals surface area contributed by atoms with Gasteiger partial charge in [0.2, 0.25) is 0 Å². The number of allylic oxidation sites excluding steroid dienone is 2. The maximum atomic E-state index is 12.3. The Balaban J connectivity index is 2.08. The van der Waals surface area contributed by atoms with E-state index in [1.165, 1.54) is 0 Å². The molecule has 110 valence electrons. The van der Waals surface area contributed by atoms with Crippen LogP contribution in [0.15, 0.2) is 23.8 Å². The Morgan fingerprint density at radius 3 is 2.35 bits per heavy atom. The molecule has 0 aliphatic heterocycles. The van der Waals surface area contributed by atoms with E-state index in [9.17, 15) is 9.59 Å². The first-order valence-corrected chi connectivity index (χ1v) is 7.18. The fourth-order valence-corrected chi connectivity index (χ4v) is 3.40. The third-order valence-electron chi connectivity index (χ3n) is 5.53. The van der Waals surface area contributed by atoms with Crippen molar-refractivity contribution in [3.05, 3.63) is 23.8 Å². The summed E-state index contributed by atoms with van der Waals surface area (Å²) in [4.78, 5) is 24.2. The van der Waals surface area contributed by atoms with E-state index < -0.39 is 0 Å². The second-order valence-corrected chi connectivity index (χ2v) is 7.08. The van der Waals surface area contributed by atoms with Crippen LogP contribution in [0, 0.1) is 16.7 Å². The Morgan fingerprint density at radius 1 is 1.35 bits per heavy atom. The largest absolute Gasteiger partial charge is 0.457 e. The van der Waals surface area contributed by atoms with E-state index in [0.717, 1.165) is 11.1 Å². The van der Waals surface area contributed by atoms with Crippen LogP contribution in [-0.4, -0.2) is 17.9 Å². The molecule has 1 fully saturated rings. The summed E-state index contributed by atoms with van der Waals surface area (Å²) >= 11 is 0. The average molecular weight is 276 g/mol. The van der Waals surface area contributed by atoms with E-state index >= 15 is 0 Å². The maximum Gasteiger partial charge on any atom is 0.310 e. The van der Waals surface area contributed by atoms with E-state index in [-0.39, 0.29) is 41.0 Å². The minimum absolute atomic E-state index is 0.0335. The van der Waals surface area contributed by atoms with Gasteiger partial charge in [-0.2, -0.15) is 0 Å². The first-order chi connectivity index (χ1) is 9.14. The fourth-order valence-electron chi connectivity index (χ4n) is 3.40. The summed E-state index contributed by atoms with van der Waals surface area (Å²) in [5.41, 5.74) is 1.58. The van der Waals surface area contributed by atoms with Crippen molar-refractivity contribution in [2.45, 2.75) is 53.6 Å². The van der Waals surface area contributed by atoms with Gasteiger partial charge in [0.25, 0.3) is 0 Å². The van der Waals surface area contributed by atoms with Crippen molar-refractivity contribution in [1.29, 1.82) is 0 Å². The van der Waals surface area contributed by atoms with Crippen LogP contribution in [-0.2, 0) is 14.3 Å². The van der Waals surface area contributed by atoms with E-state index in [4.69, 9.17) is 4.74 Å². The molecule has 0 radical (unpaired) electrons. The summed E-state index contributed by atoms with van der Waals surface area (Å²) in [7, 11) is 0. The van der Waals surface area contributed by atoms with Gasteiger partial charge < -0.3 is 4.74 Å². The predicted molar refractivity (Wildman–Crippen MR) is 78.1 cm³/mol. The lowest BCUT2D eigenvalue weighted by atomic mass is 10.0. The van der Waals surface area contributed by atoms with Gasteiger partial charge in [-0.25, -0.2) is 0 Å². The SMILES string of the molecule is C=CCC1=C(C)[C@@H](OC(=O)C2C(C)(C)C2(C)C)CC1=O. The second kappa shape index (κ2) is 4.57. The van der Waals surface area contributed by atoms with Gasteiger partial charge in [0.1, 0.15) is 6.10 Å². The van der Waals surface area contributed by atoms with Crippen LogP contribution in [0.1, 0.15) is 47.5 Å². The molecule has 2 aliphatic rings. The topological polar surface area (TPSA) is 43.4 Å². The number of ketones is 1. The monoisotopic (exact) mass is 276 g/mol. The van der Waals surface area contributed by atoms with Gasteiger partial charge in [-0.05, 0) is 29.7 Å². The highest BCUT2D eigenvalue weighted by atomic mass is 16.5. The molecule has 0 amide bonds. The molecule has 0 bridgehead atoms. The van der Waals surface area contributed by atoms with E-state index in [1.54, 1.807) is 6.08 Å². The van der Waals surface area contributed by atoms with Gasteiger partial charge in [-0.1, -0.05) is 33.8 Å². The highest BCUT2D eigenvalue weighted by Gasteiger charge is 2.69. The minimum atomic E-state index is -0.378. The molecule has 0 aromatic rings. The van der Waals surface area contributed by atoms with Crippen LogP contribution in [0.4, 0.5) is 0 Å². The first-order valence-electron chi connectivity index (χ1n) is 7.18. The zero-order valence-electron chi connectivity index (χ0n) is 13.1. The summed E-state index contributed by atoms with van der Waals surface area (Å²) in [6, 6.07) is 0. The molecular weight excluding hydrogens is 252 g/mol. The Kier molecular flexibility index (Phi) is 3.43. The van der Waals surface area contributed by atoms with E-state index in [0.29, 0.717) is 6.42 Å². The number of ether oxygens (including phenoxy) is 1. The van der Waals surface area contributed by atoms with Gasteiger partial charge in [-0.3, -0.25) is 9.59 Å². The molecule has 20 heavy (non-hydrogen) atoms. The van der Waals surface area contributed by atoms with Crippen molar-refractivity contribution in [2.75, 3.05) is 0 Å². The van der Waals surface area contributed by atoms with Crippen molar-refractivity contribution in [3.8, 4) is 0 Å². The lowest BCUT2D eigenvalue weighted by molar-refractivity contribution is -0.150. The van der Waals surface area contributed by atoms with Crippen LogP contribution >= 0.6 is 0 Å². The lowest BCUT2D eigenvalue weighted by Gasteiger charge is -2.14. The van der Waals surface area contributed by atoms with Crippen molar-refractivity contribution in [2.24, 2.45) is 16.7 Å². The molecule has 2 rings (SSSR count). The molecule has 0 spiro atoms. The summed E-state index contributed by atoms with van der Waals surface area (Å²) in [5, 5.41) is 0. The van der Waals surface area contributed by atoms with E-state index in [2.05, 4.69) is 34.3 Å². The minimum Gasteiger partial charge on any atom is -0.457 e. The Morgan fingerprint density at radius 2 is 1.90 bits per heavy atom. The van der Waals surface area contributed by atoms with Gasteiger partial charge in [-0.15, -0.1) is 6.58 Å². The average Bonchev–Trinajstić information content (AvgIpc) is 2.58. The smallest absolute Gasteiger partial charge is 0.310 e.